The van der Waals surface area contributed by atoms with Crippen molar-refractivity contribution in [1.29, 1.82) is 0 Å². The molecule has 1 saturated heterocycles. The first-order valence-corrected chi connectivity index (χ1v) is 10.8. The van der Waals surface area contributed by atoms with Gasteiger partial charge >= 0.3 is 6.03 Å². The van der Waals surface area contributed by atoms with Crippen molar-refractivity contribution in [2.45, 2.75) is 32.4 Å². The normalized spacial score (nSPS) is 16.0. The van der Waals surface area contributed by atoms with Gasteiger partial charge in [0.1, 0.15) is 11.9 Å². The molecule has 1 aliphatic heterocycles. The van der Waals surface area contributed by atoms with Gasteiger partial charge in [-0.05, 0) is 49.2 Å². The number of rotatable bonds is 4. The van der Waals surface area contributed by atoms with Crippen molar-refractivity contribution in [2.24, 2.45) is 0 Å². The molecule has 0 saturated carbocycles. The maximum atomic E-state index is 12.4. The number of amides is 4. The van der Waals surface area contributed by atoms with Gasteiger partial charge in [0.25, 0.3) is 0 Å². The minimum Gasteiger partial charge on any atom is -0.494 e. The summed E-state index contributed by atoms with van der Waals surface area (Å²) in [7, 11) is 0. The molecule has 34 heavy (non-hydrogen) atoms. The van der Waals surface area contributed by atoms with E-state index in [2.05, 4.69) is 25.9 Å². The molecular formula is C24H22N6O4. The number of hydrogen-bond donors (Lipinski definition) is 4. The van der Waals surface area contributed by atoms with Crippen molar-refractivity contribution in [3.05, 3.63) is 60.2 Å². The van der Waals surface area contributed by atoms with E-state index in [0.717, 1.165) is 21.9 Å². The number of carbonyl (C=O) groups is 3. The summed E-state index contributed by atoms with van der Waals surface area (Å²) in [4.78, 5) is 44.5. The molecule has 4 N–H and O–H groups in total. The summed E-state index contributed by atoms with van der Waals surface area (Å²) < 4.78 is 1.49. The number of aromatic nitrogens is 3. The number of benzene rings is 2. The smallest absolute Gasteiger partial charge is 0.319 e. The second-order valence-corrected chi connectivity index (χ2v) is 8.25. The number of fused-ring (bicyclic) bond motifs is 2. The van der Waals surface area contributed by atoms with E-state index < -0.39 is 11.9 Å². The molecule has 4 amide bonds. The molecule has 1 unspecified atom stereocenters. The Morgan fingerprint density at radius 3 is 2.88 bits per heavy atom. The zero-order valence-electron chi connectivity index (χ0n) is 18.3. The second-order valence-electron chi connectivity index (χ2n) is 8.25. The van der Waals surface area contributed by atoms with Gasteiger partial charge in [-0.1, -0.05) is 6.07 Å². The molecule has 0 spiro atoms. The molecule has 10 nitrogen and oxygen atoms in total. The number of urea groups is 1. The SMILES string of the molecule is Cc1ncc2ccc(NC(=O)NCc3ccc4c(O)n(C5CCC(=O)NC5=O)cc4c3)cc2n1. The predicted molar refractivity (Wildman–Crippen MR) is 125 cm³/mol. The minimum absolute atomic E-state index is 0.0305. The number of piperidine rings is 1. The Morgan fingerprint density at radius 2 is 2.06 bits per heavy atom. The quantitative estimate of drug-likeness (QED) is 0.347. The van der Waals surface area contributed by atoms with Crippen molar-refractivity contribution < 1.29 is 19.5 Å². The number of aryl methyl sites for hydroxylation is 1. The van der Waals surface area contributed by atoms with Gasteiger partial charge in [0.05, 0.1) is 5.52 Å². The van der Waals surface area contributed by atoms with Gasteiger partial charge in [-0.2, -0.15) is 0 Å². The predicted octanol–water partition coefficient (Wildman–Crippen LogP) is 2.90. The monoisotopic (exact) mass is 458 g/mol. The topological polar surface area (TPSA) is 138 Å². The van der Waals surface area contributed by atoms with E-state index in [4.69, 9.17) is 0 Å². The molecule has 172 valence electrons. The standard InChI is InChI=1S/C24H22N6O4/c1-13-25-11-15-3-4-17(9-19(15)27-13)28-24(34)26-10-14-2-5-18-16(8-14)12-30(23(18)33)20-6-7-21(31)29-22(20)32/h2-5,8-9,11-12,20,33H,6-7,10H2,1H3,(H2,26,28,34)(H,29,31,32). The number of aromatic hydroxyl groups is 1. The minimum atomic E-state index is -0.645. The van der Waals surface area contributed by atoms with Gasteiger partial charge in [-0.25, -0.2) is 14.8 Å². The van der Waals surface area contributed by atoms with Crippen LogP contribution in [0.5, 0.6) is 5.88 Å². The maximum Gasteiger partial charge on any atom is 0.319 e. The molecule has 0 bridgehead atoms. The van der Waals surface area contributed by atoms with Crippen LogP contribution in [0.4, 0.5) is 10.5 Å². The summed E-state index contributed by atoms with van der Waals surface area (Å²) in [6.45, 7) is 2.07. The average molecular weight is 458 g/mol. The number of nitrogens with one attached hydrogen (secondary N) is 3. The third-order valence-corrected chi connectivity index (χ3v) is 5.84. The highest BCUT2D eigenvalue weighted by Crippen LogP contribution is 2.33. The first-order chi connectivity index (χ1) is 16.4. The fourth-order valence-corrected chi connectivity index (χ4v) is 4.12. The molecular weight excluding hydrogens is 436 g/mol. The highest BCUT2D eigenvalue weighted by atomic mass is 16.3. The van der Waals surface area contributed by atoms with Crippen LogP contribution in [-0.4, -0.2) is 37.5 Å². The first kappa shape index (κ1) is 21.4. The summed E-state index contributed by atoms with van der Waals surface area (Å²) in [5.41, 5.74) is 2.19. The van der Waals surface area contributed by atoms with Gasteiger partial charge in [0, 0.05) is 47.2 Å². The number of carbonyl (C=O) groups excluding carboxylic acids is 3. The Hall–Kier alpha value is -4.47. The van der Waals surface area contributed by atoms with Crippen molar-refractivity contribution >= 4 is 45.2 Å². The van der Waals surface area contributed by atoms with Crippen molar-refractivity contribution in [3.8, 4) is 5.88 Å². The zero-order valence-corrected chi connectivity index (χ0v) is 18.3. The van der Waals surface area contributed by atoms with Gasteiger partial charge in [0.15, 0.2) is 5.88 Å². The fourth-order valence-electron chi connectivity index (χ4n) is 4.12. The Morgan fingerprint density at radius 1 is 1.21 bits per heavy atom. The van der Waals surface area contributed by atoms with E-state index in [-0.39, 0.29) is 30.8 Å². The van der Waals surface area contributed by atoms with E-state index >= 15 is 0 Å². The Kier molecular flexibility index (Phi) is 5.33. The molecule has 1 aliphatic rings. The van der Waals surface area contributed by atoms with Crippen LogP contribution >= 0.6 is 0 Å². The van der Waals surface area contributed by atoms with Gasteiger partial charge in [-0.3, -0.25) is 14.9 Å². The summed E-state index contributed by atoms with van der Waals surface area (Å²) in [6.07, 6.45) is 3.97. The molecule has 10 heteroatoms. The Bertz CT molecular complexity index is 1460. The fraction of sp³-hybridized carbons (Fsp3) is 0.208. The van der Waals surface area contributed by atoms with Gasteiger partial charge < -0.3 is 20.3 Å². The van der Waals surface area contributed by atoms with Crippen molar-refractivity contribution in [2.75, 3.05) is 5.32 Å². The first-order valence-electron chi connectivity index (χ1n) is 10.8. The molecule has 2 aromatic heterocycles. The number of nitrogens with zero attached hydrogens (tertiary/aromatic N) is 3. The van der Waals surface area contributed by atoms with Gasteiger partial charge in [-0.15, -0.1) is 0 Å². The molecule has 0 radical (unpaired) electrons. The van der Waals surface area contributed by atoms with Crippen LogP contribution in [0.15, 0.2) is 48.8 Å². The van der Waals surface area contributed by atoms with E-state index in [1.54, 1.807) is 36.7 Å². The average Bonchev–Trinajstić information content (AvgIpc) is 3.13. The molecule has 0 aliphatic carbocycles. The summed E-state index contributed by atoms with van der Waals surface area (Å²) in [5.74, 6) is -0.115. The van der Waals surface area contributed by atoms with Crippen LogP contribution in [0.25, 0.3) is 21.7 Å². The summed E-state index contributed by atoms with van der Waals surface area (Å²) >= 11 is 0. The zero-order chi connectivity index (χ0) is 23.8. The summed E-state index contributed by atoms with van der Waals surface area (Å²) in [5, 5.41) is 20.7. The van der Waals surface area contributed by atoms with Crippen LogP contribution < -0.4 is 16.0 Å². The molecule has 3 heterocycles. The molecule has 1 atom stereocenters. The molecule has 4 aromatic rings. The van der Waals surface area contributed by atoms with E-state index in [9.17, 15) is 19.5 Å². The Labute approximate surface area is 194 Å². The van der Waals surface area contributed by atoms with Crippen molar-refractivity contribution in [1.82, 2.24) is 25.2 Å². The number of hydrogen-bond acceptors (Lipinski definition) is 6. The Balaban J connectivity index is 1.27. The largest absolute Gasteiger partial charge is 0.494 e. The van der Waals surface area contributed by atoms with Crippen molar-refractivity contribution in [3.63, 3.8) is 0 Å². The number of anilines is 1. The van der Waals surface area contributed by atoms with E-state index in [1.165, 1.54) is 4.57 Å². The van der Waals surface area contributed by atoms with Crippen LogP contribution in [-0.2, 0) is 16.1 Å². The van der Waals surface area contributed by atoms with Gasteiger partial charge in [0.2, 0.25) is 11.8 Å². The highest BCUT2D eigenvalue weighted by Gasteiger charge is 2.30. The number of imide groups is 1. The lowest BCUT2D eigenvalue weighted by molar-refractivity contribution is -0.135. The van der Waals surface area contributed by atoms with E-state index in [0.29, 0.717) is 23.3 Å². The third-order valence-electron chi connectivity index (χ3n) is 5.84. The third kappa shape index (κ3) is 4.13. The molecule has 5 rings (SSSR count). The van der Waals surface area contributed by atoms with Crippen LogP contribution in [0, 0.1) is 6.92 Å². The lowest BCUT2D eigenvalue weighted by Gasteiger charge is -2.22. The highest BCUT2D eigenvalue weighted by molar-refractivity contribution is 6.00. The molecule has 1 fully saturated rings. The molecule has 2 aromatic carbocycles. The van der Waals surface area contributed by atoms with E-state index in [1.807, 2.05) is 19.1 Å². The van der Waals surface area contributed by atoms with Crippen LogP contribution in [0.1, 0.15) is 30.3 Å². The van der Waals surface area contributed by atoms with Crippen LogP contribution in [0.2, 0.25) is 0 Å². The lowest BCUT2D eigenvalue weighted by Crippen LogP contribution is -2.41. The van der Waals surface area contributed by atoms with Crippen LogP contribution in [0.3, 0.4) is 0 Å². The lowest BCUT2D eigenvalue weighted by atomic mass is 10.1. The summed E-state index contributed by atoms with van der Waals surface area (Å²) in [6, 6.07) is 9.79. The second kappa shape index (κ2) is 8.47. The maximum absolute atomic E-state index is 12.4.